The van der Waals surface area contributed by atoms with E-state index in [-0.39, 0.29) is 0 Å². The van der Waals surface area contributed by atoms with Crippen LogP contribution in [0.4, 0.5) is 0 Å². The van der Waals surface area contributed by atoms with E-state index in [0.717, 1.165) is 5.52 Å². The van der Waals surface area contributed by atoms with Crippen LogP contribution < -0.4 is 0 Å². The Kier molecular flexibility index (Phi) is 1.67. The summed E-state index contributed by atoms with van der Waals surface area (Å²) in [4.78, 5) is 12.5. The highest BCUT2D eigenvalue weighted by Crippen LogP contribution is 2.40. The maximum absolute atomic E-state index is 5.76. The predicted octanol–water partition coefficient (Wildman–Crippen LogP) is 2.56. The Hall–Kier alpha value is -1.22. The summed E-state index contributed by atoms with van der Waals surface area (Å²) in [5.41, 5.74) is 2.72. The Morgan fingerprint density at radius 1 is 1.21 bits per heavy atom. The number of fused-ring (bicyclic) bond motifs is 1. The summed E-state index contributed by atoms with van der Waals surface area (Å²) in [5, 5.41) is 0.423. The van der Waals surface area contributed by atoms with Gasteiger partial charge >= 0.3 is 0 Å². The van der Waals surface area contributed by atoms with Crippen molar-refractivity contribution in [1.29, 1.82) is 0 Å². The van der Waals surface area contributed by atoms with Gasteiger partial charge in [0, 0.05) is 6.20 Å². The molecule has 0 N–H and O–H groups in total. The molecule has 0 amide bonds. The fourth-order valence-electron chi connectivity index (χ4n) is 1.54. The summed E-state index contributed by atoms with van der Waals surface area (Å²) >= 11 is 5.76. The second-order valence-corrected chi connectivity index (χ2v) is 3.97. The molecule has 0 unspecified atom stereocenters. The van der Waals surface area contributed by atoms with Crippen molar-refractivity contribution in [3.63, 3.8) is 0 Å². The van der Waals surface area contributed by atoms with E-state index in [2.05, 4.69) is 15.0 Å². The maximum atomic E-state index is 5.76. The Balaban J connectivity index is 2.20. The van der Waals surface area contributed by atoms with E-state index in [9.17, 15) is 0 Å². The van der Waals surface area contributed by atoms with Crippen LogP contribution in [0.25, 0.3) is 11.2 Å². The molecule has 2 aromatic rings. The molecular weight excluding hydrogens is 198 g/mol. The zero-order chi connectivity index (χ0) is 9.54. The van der Waals surface area contributed by atoms with Crippen LogP contribution in [0.2, 0.25) is 5.15 Å². The van der Waals surface area contributed by atoms with Gasteiger partial charge in [-0.05, 0) is 30.4 Å². The average molecular weight is 206 g/mol. The zero-order valence-corrected chi connectivity index (χ0v) is 8.20. The number of hydrogen-bond donors (Lipinski definition) is 0. The molecule has 0 aromatic carbocycles. The van der Waals surface area contributed by atoms with Crippen LogP contribution in [-0.4, -0.2) is 15.0 Å². The number of halogens is 1. The highest BCUT2D eigenvalue weighted by molar-refractivity contribution is 6.29. The van der Waals surface area contributed by atoms with Gasteiger partial charge in [-0.1, -0.05) is 11.6 Å². The quantitative estimate of drug-likeness (QED) is 0.718. The Bertz CT molecular complexity index is 494. The Morgan fingerprint density at radius 3 is 2.79 bits per heavy atom. The van der Waals surface area contributed by atoms with Gasteiger partial charge in [0.15, 0.2) is 5.65 Å². The van der Waals surface area contributed by atoms with Crippen molar-refractivity contribution in [3.05, 3.63) is 29.2 Å². The number of pyridine rings is 1. The van der Waals surface area contributed by atoms with E-state index in [0.29, 0.717) is 16.7 Å². The minimum Gasteiger partial charge on any atom is -0.235 e. The van der Waals surface area contributed by atoms with Gasteiger partial charge in [-0.15, -0.1) is 0 Å². The lowest BCUT2D eigenvalue weighted by Gasteiger charge is -1.99. The van der Waals surface area contributed by atoms with Crippen molar-refractivity contribution in [3.8, 4) is 0 Å². The van der Waals surface area contributed by atoms with Crippen molar-refractivity contribution >= 4 is 22.8 Å². The molecule has 0 saturated heterocycles. The van der Waals surface area contributed by atoms with Crippen LogP contribution in [0.5, 0.6) is 0 Å². The summed E-state index contributed by atoms with van der Waals surface area (Å²) in [7, 11) is 0. The molecule has 2 aromatic heterocycles. The first-order chi connectivity index (χ1) is 6.83. The van der Waals surface area contributed by atoms with Gasteiger partial charge in [0.1, 0.15) is 10.7 Å². The molecule has 3 rings (SSSR count). The molecule has 4 heteroatoms. The van der Waals surface area contributed by atoms with Crippen LogP contribution in [0.3, 0.4) is 0 Å². The second kappa shape index (κ2) is 2.89. The lowest BCUT2D eigenvalue weighted by atomic mass is 10.2. The van der Waals surface area contributed by atoms with E-state index >= 15 is 0 Å². The Morgan fingerprint density at radius 2 is 2.00 bits per heavy atom. The summed E-state index contributed by atoms with van der Waals surface area (Å²) < 4.78 is 0. The molecule has 0 radical (unpaired) electrons. The van der Waals surface area contributed by atoms with E-state index in [1.165, 1.54) is 24.6 Å². The van der Waals surface area contributed by atoms with Crippen molar-refractivity contribution in [2.75, 3.05) is 0 Å². The molecule has 1 fully saturated rings. The van der Waals surface area contributed by atoms with Crippen LogP contribution in [0, 0.1) is 0 Å². The monoisotopic (exact) mass is 205 g/mol. The van der Waals surface area contributed by atoms with Crippen LogP contribution in [0.1, 0.15) is 24.3 Å². The minimum atomic E-state index is 0.423. The average Bonchev–Trinajstić information content (AvgIpc) is 3.00. The normalized spacial score (nSPS) is 16.1. The van der Waals surface area contributed by atoms with E-state index in [1.807, 2.05) is 12.3 Å². The summed E-state index contributed by atoms with van der Waals surface area (Å²) in [5.74, 6) is 0.688. The Labute approximate surface area is 86.2 Å². The summed E-state index contributed by atoms with van der Waals surface area (Å²) in [6.45, 7) is 0. The minimum absolute atomic E-state index is 0.423. The number of rotatable bonds is 1. The van der Waals surface area contributed by atoms with Gasteiger partial charge in [-0.25, -0.2) is 15.0 Å². The molecular formula is C10H8ClN3. The molecule has 70 valence electrons. The van der Waals surface area contributed by atoms with Crippen LogP contribution in [0.15, 0.2) is 18.5 Å². The van der Waals surface area contributed by atoms with Crippen molar-refractivity contribution in [2.24, 2.45) is 0 Å². The fraction of sp³-hybridized carbons (Fsp3) is 0.300. The van der Waals surface area contributed by atoms with Crippen molar-refractivity contribution in [2.45, 2.75) is 18.8 Å². The molecule has 14 heavy (non-hydrogen) atoms. The first-order valence-corrected chi connectivity index (χ1v) is 4.99. The third-order valence-corrected chi connectivity index (χ3v) is 2.62. The molecule has 1 aliphatic carbocycles. The standard InChI is InChI=1S/C10H8ClN3/c11-9-5-13-10-8(14-9)3-7(4-12-10)6-1-2-6/h3-6H,1-2H2. The third-order valence-electron chi connectivity index (χ3n) is 2.44. The van der Waals surface area contributed by atoms with Crippen LogP contribution in [-0.2, 0) is 0 Å². The van der Waals surface area contributed by atoms with Crippen molar-refractivity contribution in [1.82, 2.24) is 15.0 Å². The van der Waals surface area contributed by atoms with E-state index in [1.54, 1.807) is 0 Å². The van der Waals surface area contributed by atoms with Gasteiger partial charge in [-0.2, -0.15) is 0 Å². The number of aromatic nitrogens is 3. The lowest BCUT2D eigenvalue weighted by molar-refractivity contribution is 1.09. The molecule has 2 heterocycles. The summed E-state index contributed by atoms with van der Waals surface area (Å²) in [6, 6.07) is 2.04. The number of hydrogen-bond acceptors (Lipinski definition) is 3. The van der Waals surface area contributed by atoms with Gasteiger partial charge < -0.3 is 0 Å². The predicted molar refractivity (Wildman–Crippen MR) is 54.3 cm³/mol. The van der Waals surface area contributed by atoms with Gasteiger partial charge in [0.05, 0.1) is 6.20 Å². The highest BCUT2D eigenvalue weighted by atomic mass is 35.5. The molecule has 0 bridgehead atoms. The van der Waals surface area contributed by atoms with Crippen LogP contribution >= 0.6 is 11.6 Å². The first kappa shape index (κ1) is 8.12. The van der Waals surface area contributed by atoms with Crippen molar-refractivity contribution < 1.29 is 0 Å². The van der Waals surface area contributed by atoms with Gasteiger partial charge in [0.25, 0.3) is 0 Å². The zero-order valence-electron chi connectivity index (χ0n) is 7.44. The molecule has 0 spiro atoms. The van der Waals surface area contributed by atoms with E-state index in [4.69, 9.17) is 11.6 Å². The molecule has 3 nitrogen and oxygen atoms in total. The lowest BCUT2D eigenvalue weighted by Crippen LogP contribution is -1.90. The summed E-state index contributed by atoms with van der Waals surface area (Å²) in [6.07, 6.45) is 5.94. The smallest absolute Gasteiger partial charge is 0.178 e. The number of nitrogens with zero attached hydrogens (tertiary/aromatic N) is 3. The van der Waals surface area contributed by atoms with Gasteiger partial charge in [-0.3, -0.25) is 0 Å². The fourth-order valence-corrected chi connectivity index (χ4v) is 1.68. The second-order valence-electron chi connectivity index (χ2n) is 3.58. The topological polar surface area (TPSA) is 38.7 Å². The highest BCUT2D eigenvalue weighted by Gasteiger charge is 2.24. The SMILES string of the molecule is Clc1cnc2ncc(C3CC3)cc2n1. The maximum Gasteiger partial charge on any atom is 0.178 e. The molecule has 1 aliphatic rings. The molecule has 0 aliphatic heterocycles. The third kappa shape index (κ3) is 1.34. The van der Waals surface area contributed by atoms with Gasteiger partial charge in [0.2, 0.25) is 0 Å². The molecule has 1 saturated carbocycles. The molecule has 0 atom stereocenters. The first-order valence-electron chi connectivity index (χ1n) is 4.61. The largest absolute Gasteiger partial charge is 0.235 e. The van der Waals surface area contributed by atoms with E-state index < -0.39 is 0 Å².